The number of nitrogens with two attached hydrogens (primary N) is 2. The quantitative estimate of drug-likeness (QED) is 0.481. The molecular weight excluding hydrogens is 198 g/mol. The van der Waals surface area contributed by atoms with E-state index in [9.17, 15) is 9.59 Å². The van der Waals surface area contributed by atoms with Crippen LogP contribution in [0.5, 0.6) is 0 Å². The standard InChI is InChI=1S/C9H19N3O3/c1-9(11,8(14)15-3)5-4-6(12-2)7(10)13/h6,12H,4-5,11H2,1-3H3,(H2,10,13). The van der Waals surface area contributed by atoms with Crippen molar-refractivity contribution in [3.63, 3.8) is 0 Å². The van der Waals surface area contributed by atoms with Gasteiger partial charge in [0.05, 0.1) is 13.2 Å². The molecule has 15 heavy (non-hydrogen) atoms. The number of primary amides is 1. The van der Waals surface area contributed by atoms with Crippen molar-refractivity contribution in [1.29, 1.82) is 0 Å². The van der Waals surface area contributed by atoms with Crippen molar-refractivity contribution in [2.45, 2.75) is 31.3 Å². The molecule has 0 rings (SSSR count). The van der Waals surface area contributed by atoms with Crippen LogP contribution < -0.4 is 16.8 Å². The van der Waals surface area contributed by atoms with Crippen molar-refractivity contribution in [1.82, 2.24) is 5.32 Å². The van der Waals surface area contributed by atoms with Gasteiger partial charge in [0.15, 0.2) is 0 Å². The summed E-state index contributed by atoms with van der Waals surface area (Å²) in [5.74, 6) is -0.958. The SMILES string of the molecule is CNC(CCC(C)(N)C(=O)OC)C(N)=O. The van der Waals surface area contributed by atoms with Crippen LogP contribution in [-0.4, -0.2) is 37.6 Å². The Kier molecular flexibility index (Phi) is 5.24. The number of ether oxygens (including phenoxy) is 1. The number of hydrogen-bond donors (Lipinski definition) is 3. The highest BCUT2D eigenvalue weighted by Crippen LogP contribution is 2.12. The van der Waals surface area contributed by atoms with Crippen molar-refractivity contribution < 1.29 is 14.3 Å². The van der Waals surface area contributed by atoms with E-state index in [4.69, 9.17) is 11.5 Å². The Hall–Kier alpha value is -1.14. The molecule has 0 heterocycles. The van der Waals surface area contributed by atoms with Crippen molar-refractivity contribution in [2.75, 3.05) is 14.2 Å². The molecule has 0 aliphatic carbocycles. The highest BCUT2D eigenvalue weighted by Gasteiger charge is 2.30. The van der Waals surface area contributed by atoms with Gasteiger partial charge in [-0.2, -0.15) is 0 Å². The minimum Gasteiger partial charge on any atom is -0.468 e. The lowest BCUT2D eigenvalue weighted by Crippen LogP contribution is -2.48. The van der Waals surface area contributed by atoms with Gasteiger partial charge in [-0.1, -0.05) is 0 Å². The maximum Gasteiger partial charge on any atom is 0.325 e. The van der Waals surface area contributed by atoms with Crippen molar-refractivity contribution >= 4 is 11.9 Å². The van der Waals surface area contributed by atoms with Crippen LogP contribution in [0.2, 0.25) is 0 Å². The third-order valence-corrected chi connectivity index (χ3v) is 2.30. The maximum atomic E-state index is 11.2. The highest BCUT2D eigenvalue weighted by atomic mass is 16.5. The number of likely N-dealkylation sites (N-methyl/N-ethyl adjacent to an activating group) is 1. The topological polar surface area (TPSA) is 107 Å². The second-order valence-corrected chi connectivity index (χ2v) is 3.69. The highest BCUT2D eigenvalue weighted by molar-refractivity contribution is 5.81. The zero-order valence-electron chi connectivity index (χ0n) is 9.37. The van der Waals surface area contributed by atoms with Gasteiger partial charge >= 0.3 is 5.97 Å². The van der Waals surface area contributed by atoms with E-state index in [1.54, 1.807) is 14.0 Å². The molecule has 0 bridgehead atoms. The molecule has 0 aliphatic rings. The molecule has 0 fully saturated rings. The zero-order valence-corrected chi connectivity index (χ0v) is 9.37. The molecule has 2 unspecified atom stereocenters. The molecule has 88 valence electrons. The van der Waals surface area contributed by atoms with Gasteiger partial charge in [0, 0.05) is 0 Å². The molecule has 0 saturated carbocycles. The number of amides is 1. The van der Waals surface area contributed by atoms with E-state index in [-0.39, 0.29) is 0 Å². The summed E-state index contributed by atoms with van der Waals surface area (Å²) in [7, 11) is 2.90. The van der Waals surface area contributed by atoms with Gasteiger partial charge in [-0.05, 0) is 26.8 Å². The molecule has 0 radical (unpaired) electrons. The average Bonchev–Trinajstić information content (AvgIpc) is 2.16. The van der Waals surface area contributed by atoms with E-state index in [0.717, 1.165) is 0 Å². The monoisotopic (exact) mass is 217 g/mol. The first-order valence-electron chi connectivity index (χ1n) is 4.69. The second kappa shape index (κ2) is 5.67. The minimum absolute atomic E-state index is 0.328. The van der Waals surface area contributed by atoms with E-state index in [1.807, 2.05) is 0 Å². The van der Waals surface area contributed by atoms with Crippen molar-refractivity contribution in [2.24, 2.45) is 11.5 Å². The van der Waals surface area contributed by atoms with Gasteiger partial charge in [0.25, 0.3) is 0 Å². The summed E-state index contributed by atoms with van der Waals surface area (Å²) in [6.07, 6.45) is 0.724. The summed E-state index contributed by atoms with van der Waals surface area (Å²) in [4.78, 5) is 22.1. The van der Waals surface area contributed by atoms with Crippen LogP contribution in [0.15, 0.2) is 0 Å². The Balaban J connectivity index is 4.24. The fourth-order valence-corrected chi connectivity index (χ4v) is 1.21. The number of carbonyl (C=O) groups excluding carboxylic acids is 2. The Morgan fingerprint density at radius 3 is 2.40 bits per heavy atom. The van der Waals surface area contributed by atoms with Gasteiger partial charge in [0.1, 0.15) is 5.54 Å². The summed E-state index contributed by atoms with van der Waals surface area (Å²) in [6.45, 7) is 1.56. The van der Waals surface area contributed by atoms with Gasteiger partial charge in [-0.25, -0.2) is 0 Å². The number of nitrogens with one attached hydrogen (secondary N) is 1. The third-order valence-electron chi connectivity index (χ3n) is 2.30. The number of hydrogen-bond acceptors (Lipinski definition) is 5. The lowest BCUT2D eigenvalue weighted by atomic mass is 9.94. The molecule has 0 saturated heterocycles. The molecule has 6 heteroatoms. The first-order chi connectivity index (χ1) is 6.85. The lowest BCUT2D eigenvalue weighted by Gasteiger charge is -2.23. The summed E-state index contributed by atoms with van der Waals surface area (Å²) >= 11 is 0. The van der Waals surface area contributed by atoms with Gasteiger partial charge in [-0.3, -0.25) is 9.59 Å². The normalized spacial score (nSPS) is 16.5. The maximum absolute atomic E-state index is 11.2. The number of methoxy groups -OCH3 is 1. The van der Waals surface area contributed by atoms with Crippen molar-refractivity contribution in [3.8, 4) is 0 Å². The molecule has 2 atom stereocenters. The largest absolute Gasteiger partial charge is 0.468 e. The molecular formula is C9H19N3O3. The summed E-state index contributed by atoms with van der Waals surface area (Å²) in [6, 6.07) is -0.475. The Bertz CT molecular complexity index is 241. The molecule has 0 aliphatic heterocycles. The predicted octanol–water partition coefficient (Wildman–Crippen LogP) is -1.27. The average molecular weight is 217 g/mol. The predicted molar refractivity (Wildman–Crippen MR) is 55.9 cm³/mol. The van der Waals surface area contributed by atoms with Gasteiger partial charge < -0.3 is 21.5 Å². The fraction of sp³-hybridized carbons (Fsp3) is 0.778. The van der Waals surface area contributed by atoms with Gasteiger partial charge in [0.2, 0.25) is 5.91 Å². The molecule has 0 aromatic heterocycles. The van der Waals surface area contributed by atoms with E-state index in [0.29, 0.717) is 12.8 Å². The van der Waals surface area contributed by atoms with E-state index < -0.39 is 23.5 Å². The molecule has 6 nitrogen and oxygen atoms in total. The van der Waals surface area contributed by atoms with Crippen LogP contribution in [-0.2, 0) is 14.3 Å². The van der Waals surface area contributed by atoms with E-state index in [2.05, 4.69) is 10.1 Å². The molecule has 0 spiro atoms. The van der Waals surface area contributed by atoms with E-state index in [1.165, 1.54) is 7.11 Å². The zero-order chi connectivity index (χ0) is 12.1. The van der Waals surface area contributed by atoms with Crippen molar-refractivity contribution in [3.05, 3.63) is 0 Å². The van der Waals surface area contributed by atoms with Crippen LogP contribution in [0.4, 0.5) is 0 Å². The second-order valence-electron chi connectivity index (χ2n) is 3.69. The summed E-state index contributed by atoms with van der Waals surface area (Å²) < 4.78 is 4.54. The molecule has 0 aromatic rings. The molecule has 5 N–H and O–H groups in total. The van der Waals surface area contributed by atoms with Crippen LogP contribution in [0.3, 0.4) is 0 Å². The summed E-state index contributed by atoms with van der Waals surface area (Å²) in [5, 5.41) is 2.75. The Morgan fingerprint density at radius 1 is 1.53 bits per heavy atom. The smallest absolute Gasteiger partial charge is 0.325 e. The van der Waals surface area contributed by atoms with Crippen LogP contribution in [0.25, 0.3) is 0 Å². The number of carbonyl (C=O) groups is 2. The van der Waals surface area contributed by atoms with Gasteiger partial charge in [-0.15, -0.1) is 0 Å². The molecule has 1 amide bonds. The first-order valence-corrected chi connectivity index (χ1v) is 4.69. The Morgan fingerprint density at radius 2 is 2.07 bits per heavy atom. The fourth-order valence-electron chi connectivity index (χ4n) is 1.21. The number of rotatable bonds is 6. The van der Waals surface area contributed by atoms with Crippen LogP contribution >= 0.6 is 0 Å². The van der Waals surface area contributed by atoms with Crippen LogP contribution in [0.1, 0.15) is 19.8 Å². The minimum atomic E-state index is -1.08. The lowest BCUT2D eigenvalue weighted by molar-refractivity contribution is -0.146. The Labute approximate surface area is 89.3 Å². The van der Waals surface area contributed by atoms with Crippen LogP contribution in [0, 0.1) is 0 Å². The first kappa shape index (κ1) is 13.9. The van der Waals surface area contributed by atoms with E-state index >= 15 is 0 Å². The number of esters is 1. The molecule has 0 aromatic carbocycles. The third kappa shape index (κ3) is 4.26. The summed E-state index contributed by atoms with van der Waals surface area (Å²) in [5.41, 5.74) is 9.76.